The number of rotatable bonds is 6. The van der Waals surface area contributed by atoms with Crippen molar-refractivity contribution >= 4 is 29.1 Å². The molecule has 1 atom stereocenters. The largest absolute Gasteiger partial charge is 0.447 e. The van der Waals surface area contributed by atoms with Crippen LogP contribution in [0, 0.1) is 20.2 Å². The van der Waals surface area contributed by atoms with Crippen LogP contribution in [0.15, 0.2) is 40.8 Å². The van der Waals surface area contributed by atoms with Crippen LogP contribution in [-0.2, 0) is 9.53 Å². The van der Waals surface area contributed by atoms with E-state index in [0.717, 1.165) is 18.2 Å². The number of ether oxygens (including phenoxy) is 1. The first-order valence-electron chi connectivity index (χ1n) is 6.78. The van der Waals surface area contributed by atoms with Gasteiger partial charge in [0.1, 0.15) is 4.92 Å². The monoisotopic (exact) mass is 349 g/mol. The third-order valence-electron chi connectivity index (χ3n) is 2.95. The van der Waals surface area contributed by atoms with E-state index in [1.165, 1.54) is 25.1 Å². The zero-order valence-corrected chi connectivity index (χ0v) is 12.7. The first-order valence-corrected chi connectivity index (χ1v) is 6.78. The lowest BCUT2D eigenvalue weighted by Crippen LogP contribution is -2.29. The molecule has 25 heavy (non-hydrogen) atoms. The minimum Gasteiger partial charge on any atom is -0.447 e. The number of nitro benzene ring substituents is 1. The lowest BCUT2D eigenvalue weighted by molar-refractivity contribution is -0.402. The molecule has 0 saturated heterocycles. The van der Waals surface area contributed by atoms with E-state index in [0.29, 0.717) is 0 Å². The highest BCUT2D eigenvalue weighted by molar-refractivity contribution is 5.96. The zero-order valence-electron chi connectivity index (χ0n) is 12.7. The van der Waals surface area contributed by atoms with Gasteiger partial charge in [0, 0.05) is 17.8 Å². The standard InChI is InChI=1S/C14H11N3O8/c1-8(24-14(19)11-5-6-12(25-11)17(22)23)13(18)15-9-3-2-4-10(7-9)16(20)21/h2-8H,1H3,(H,15,18). The minimum atomic E-state index is -1.27. The van der Waals surface area contributed by atoms with Gasteiger partial charge in [0.05, 0.1) is 11.0 Å². The number of nitrogens with zero attached hydrogens (tertiary/aromatic N) is 2. The highest BCUT2D eigenvalue weighted by atomic mass is 16.7. The quantitative estimate of drug-likeness (QED) is 0.473. The van der Waals surface area contributed by atoms with Gasteiger partial charge < -0.3 is 14.5 Å². The number of furan rings is 1. The van der Waals surface area contributed by atoms with Crippen molar-refractivity contribution in [3.05, 3.63) is 62.4 Å². The molecule has 1 aromatic carbocycles. The van der Waals surface area contributed by atoms with E-state index >= 15 is 0 Å². The molecule has 1 amide bonds. The van der Waals surface area contributed by atoms with E-state index in [2.05, 4.69) is 9.73 Å². The topological polar surface area (TPSA) is 155 Å². The van der Waals surface area contributed by atoms with Gasteiger partial charge in [0.15, 0.2) is 6.10 Å². The van der Waals surface area contributed by atoms with Crippen molar-refractivity contribution in [2.24, 2.45) is 0 Å². The van der Waals surface area contributed by atoms with E-state index in [1.54, 1.807) is 0 Å². The van der Waals surface area contributed by atoms with Crippen molar-refractivity contribution in [3.8, 4) is 0 Å². The Morgan fingerprint density at radius 2 is 1.88 bits per heavy atom. The number of carbonyl (C=O) groups excluding carboxylic acids is 2. The molecule has 1 N–H and O–H groups in total. The van der Waals surface area contributed by atoms with E-state index < -0.39 is 39.5 Å². The average Bonchev–Trinajstić information content (AvgIpc) is 3.05. The molecule has 0 fully saturated rings. The molecule has 0 aliphatic rings. The molecule has 0 spiro atoms. The van der Waals surface area contributed by atoms with Gasteiger partial charge in [-0.2, -0.15) is 0 Å². The summed E-state index contributed by atoms with van der Waals surface area (Å²) in [6.07, 6.45) is -1.27. The van der Waals surface area contributed by atoms with Gasteiger partial charge in [0.2, 0.25) is 5.76 Å². The Labute approximate surface area is 139 Å². The second-order valence-electron chi connectivity index (χ2n) is 4.74. The molecule has 11 heteroatoms. The summed E-state index contributed by atoms with van der Waals surface area (Å²) in [5.74, 6) is -2.87. The second kappa shape index (κ2) is 7.21. The predicted molar refractivity (Wildman–Crippen MR) is 82.0 cm³/mol. The number of nitro groups is 2. The Kier molecular flexibility index (Phi) is 5.07. The number of carbonyl (C=O) groups is 2. The number of anilines is 1. The molecule has 11 nitrogen and oxygen atoms in total. The summed E-state index contributed by atoms with van der Waals surface area (Å²) in [5.41, 5.74) is -0.0684. The number of nitrogens with one attached hydrogen (secondary N) is 1. The number of non-ortho nitro benzene ring substituents is 1. The van der Waals surface area contributed by atoms with Crippen LogP contribution in [0.25, 0.3) is 0 Å². The van der Waals surface area contributed by atoms with Crippen molar-refractivity contribution in [1.29, 1.82) is 0 Å². The molecule has 1 aromatic heterocycles. The van der Waals surface area contributed by atoms with Gasteiger partial charge >= 0.3 is 11.9 Å². The summed E-state index contributed by atoms with van der Waals surface area (Å²) in [6, 6.07) is 7.23. The van der Waals surface area contributed by atoms with Crippen molar-refractivity contribution in [2.45, 2.75) is 13.0 Å². The van der Waals surface area contributed by atoms with Crippen LogP contribution in [0.3, 0.4) is 0 Å². The van der Waals surface area contributed by atoms with Gasteiger partial charge in [-0.15, -0.1) is 0 Å². The number of hydrogen-bond acceptors (Lipinski definition) is 8. The molecule has 1 heterocycles. The Morgan fingerprint density at radius 1 is 1.16 bits per heavy atom. The van der Waals surface area contributed by atoms with Crippen molar-refractivity contribution in [2.75, 3.05) is 5.32 Å². The fourth-order valence-corrected chi connectivity index (χ4v) is 1.75. The van der Waals surface area contributed by atoms with Gasteiger partial charge in [0.25, 0.3) is 11.6 Å². The molecular formula is C14H11N3O8. The third-order valence-corrected chi connectivity index (χ3v) is 2.95. The van der Waals surface area contributed by atoms with E-state index in [-0.39, 0.29) is 11.4 Å². The fraction of sp³-hybridized carbons (Fsp3) is 0.143. The SMILES string of the molecule is CC(OC(=O)c1ccc([N+](=O)[O-])o1)C(=O)Nc1cccc([N+](=O)[O-])c1. The molecule has 130 valence electrons. The lowest BCUT2D eigenvalue weighted by Gasteiger charge is -2.12. The Morgan fingerprint density at radius 3 is 2.48 bits per heavy atom. The maximum absolute atomic E-state index is 12.0. The lowest BCUT2D eigenvalue weighted by atomic mass is 10.2. The molecule has 0 radical (unpaired) electrons. The van der Waals surface area contributed by atoms with Crippen LogP contribution in [0.4, 0.5) is 17.3 Å². The third kappa shape index (κ3) is 4.37. The summed E-state index contributed by atoms with van der Waals surface area (Å²) in [7, 11) is 0. The Bertz CT molecular complexity index is 844. The van der Waals surface area contributed by atoms with Crippen molar-refractivity contribution < 1.29 is 28.6 Å². The van der Waals surface area contributed by atoms with Gasteiger partial charge in [-0.25, -0.2) is 4.79 Å². The van der Waals surface area contributed by atoms with Crippen LogP contribution in [-0.4, -0.2) is 27.8 Å². The van der Waals surface area contributed by atoms with Gasteiger partial charge in [-0.1, -0.05) is 6.07 Å². The van der Waals surface area contributed by atoms with E-state index in [9.17, 15) is 29.8 Å². The van der Waals surface area contributed by atoms with E-state index in [1.807, 2.05) is 0 Å². The maximum atomic E-state index is 12.0. The Balaban J connectivity index is 1.99. The molecular weight excluding hydrogens is 338 g/mol. The number of esters is 1. The van der Waals surface area contributed by atoms with Crippen LogP contribution in [0.1, 0.15) is 17.5 Å². The highest BCUT2D eigenvalue weighted by Gasteiger charge is 2.23. The fourth-order valence-electron chi connectivity index (χ4n) is 1.75. The first kappa shape index (κ1) is 17.6. The van der Waals surface area contributed by atoms with E-state index in [4.69, 9.17) is 4.74 Å². The summed E-state index contributed by atoms with van der Waals surface area (Å²) < 4.78 is 9.51. The van der Waals surface area contributed by atoms with Crippen LogP contribution in [0.5, 0.6) is 0 Å². The molecule has 1 unspecified atom stereocenters. The first-order chi connectivity index (χ1) is 11.8. The summed E-state index contributed by atoms with van der Waals surface area (Å²) in [4.78, 5) is 43.5. The highest BCUT2D eigenvalue weighted by Crippen LogP contribution is 2.19. The minimum absolute atomic E-state index is 0.149. The smallest absolute Gasteiger partial charge is 0.433 e. The zero-order chi connectivity index (χ0) is 18.6. The number of benzene rings is 1. The van der Waals surface area contributed by atoms with Crippen LogP contribution < -0.4 is 5.32 Å². The molecule has 0 aliphatic heterocycles. The molecule has 2 rings (SSSR count). The van der Waals surface area contributed by atoms with Crippen molar-refractivity contribution in [1.82, 2.24) is 0 Å². The second-order valence-corrected chi connectivity index (χ2v) is 4.74. The average molecular weight is 349 g/mol. The predicted octanol–water partition coefficient (Wildman–Crippen LogP) is 2.28. The van der Waals surface area contributed by atoms with Gasteiger partial charge in [-0.3, -0.25) is 25.0 Å². The molecule has 0 aliphatic carbocycles. The summed E-state index contributed by atoms with van der Waals surface area (Å²) >= 11 is 0. The molecule has 0 bridgehead atoms. The number of amides is 1. The van der Waals surface area contributed by atoms with Gasteiger partial charge in [-0.05, 0) is 19.1 Å². The van der Waals surface area contributed by atoms with Crippen LogP contribution >= 0.6 is 0 Å². The summed E-state index contributed by atoms with van der Waals surface area (Å²) in [6.45, 7) is 1.27. The van der Waals surface area contributed by atoms with Crippen molar-refractivity contribution in [3.63, 3.8) is 0 Å². The molecule has 2 aromatic rings. The maximum Gasteiger partial charge on any atom is 0.433 e. The number of hydrogen-bond donors (Lipinski definition) is 1. The summed E-state index contributed by atoms with van der Waals surface area (Å²) in [5, 5.41) is 23.5. The Hall–Kier alpha value is -3.76. The van der Waals surface area contributed by atoms with Crippen LogP contribution in [0.2, 0.25) is 0 Å². The molecule has 0 saturated carbocycles. The normalized spacial score (nSPS) is 11.4.